The number of aliphatic imine (C=N–C) groups is 1. The van der Waals surface area contributed by atoms with E-state index in [2.05, 4.69) is 44.9 Å². The van der Waals surface area contributed by atoms with E-state index in [4.69, 9.17) is 4.99 Å². The number of hydrogen-bond donors (Lipinski definition) is 1. The van der Waals surface area contributed by atoms with E-state index in [9.17, 15) is 8.78 Å². The highest BCUT2D eigenvalue weighted by molar-refractivity contribution is 14.1. The quantitative estimate of drug-likeness (QED) is 0.661. The SMILES string of the molecule is FC(F)c1cccc(N2Cc3cccc(I)c3N=C2[C@@H]2CCCN2)c1. The molecule has 0 saturated carbocycles. The fraction of sp³-hybridized carbons (Fsp3) is 0.316. The molecule has 1 saturated heterocycles. The largest absolute Gasteiger partial charge is 0.324 e. The van der Waals surface area contributed by atoms with Gasteiger partial charge in [0.2, 0.25) is 0 Å². The van der Waals surface area contributed by atoms with E-state index in [0.29, 0.717) is 6.54 Å². The zero-order valence-corrected chi connectivity index (χ0v) is 15.7. The first-order valence-corrected chi connectivity index (χ1v) is 9.46. The topological polar surface area (TPSA) is 27.6 Å². The molecular formula is C19H18F2IN3. The van der Waals surface area contributed by atoms with E-state index < -0.39 is 6.43 Å². The van der Waals surface area contributed by atoms with Crippen LogP contribution in [0.15, 0.2) is 47.5 Å². The summed E-state index contributed by atoms with van der Waals surface area (Å²) in [6.45, 7) is 1.61. The van der Waals surface area contributed by atoms with Crippen molar-refractivity contribution in [1.82, 2.24) is 5.32 Å². The molecule has 1 fully saturated rings. The van der Waals surface area contributed by atoms with Gasteiger partial charge in [-0.15, -0.1) is 0 Å². The predicted molar refractivity (Wildman–Crippen MR) is 105 cm³/mol. The lowest BCUT2D eigenvalue weighted by atomic mass is 10.1. The maximum Gasteiger partial charge on any atom is 0.263 e. The molecule has 0 radical (unpaired) electrons. The number of rotatable bonds is 3. The van der Waals surface area contributed by atoms with Crippen LogP contribution in [0.3, 0.4) is 0 Å². The van der Waals surface area contributed by atoms with E-state index in [-0.39, 0.29) is 11.6 Å². The number of anilines is 1. The number of amidine groups is 1. The Morgan fingerprint density at radius 3 is 2.80 bits per heavy atom. The van der Waals surface area contributed by atoms with Gasteiger partial charge in [0.15, 0.2) is 0 Å². The van der Waals surface area contributed by atoms with Gasteiger partial charge in [0.05, 0.1) is 18.3 Å². The lowest BCUT2D eigenvalue weighted by molar-refractivity contribution is 0.151. The van der Waals surface area contributed by atoms with E-state index in [0.717, 1.165) is 45.7 Å². The van der Waals surface area contributed by atoms with Crippen LogP contribution in [0.5, 0.6) is 0 Å². The summed E-state index contributed by atoms with van der Waals surface area (Å²) < 4.78 is 27.4. The highest BCUT2D eigenvalue weighted by Gasteiger charge is 2.30. The van der Waals surface area contributed by atoms with E-state index in [1.165, 1.54) is 6.07 Å². The summed E-state index contributed by atoms with van der Waals surface area (Å²) in [7, 11) is 0. The van der Waals surface area contributed by atoms with Crippen molar-refractivity contribution in [1.29, 1.82) is 0 Å². The first-order valence-electron chi connectivity index (χ1n) is 8.38. The molecular weight excluding hydrogens is 435 g/mol. The maximum atomic E-state index is 13.1. The Balaban J connectivity index is 1.79. The van der Waals surface area contributed by atoms with Crippen molar-refractivity contribution in [2.24, 2.45) is 4.99 Å². The average molecular weight is 453 g/mol. The Kier molecular flexibility index (Phi) is 4.73. The van der Waals surface area contributed by atoms with Gasteiger partial charge >= 0.3 is 0 Å². The van der Waals surface area contributed by atoms with Crippen molar-refractivity contribution in [3.8, 4) is 0 Å². The van der Waals surface area contributed by atoms with E-state index >= 15 is 0 Å². The van der Waals surface area contributed by atoms with Crippen molar-refractivity contribution >= 4 is 39.8 Å². The number of para-hydroxylation sites is 1. The normalized spacial score (nSPS) is 19.9. The van der Waals surface area contributed by atoms with Crippen LogP contribution in [0.25, 0.3) is 0 Å². The van der Waals surface area contributed by atoms with Crippen LogP contribution in [-0.2, 0) is 6.54 Å². The minimum atomic E-state index is -2.47. The standard InChI is InChI=1S/C19H18F2IN3/c20-18(21)12-4-1-6-14(10-12)25-11-13-5-2-7-15(22)17(13)24-19(25)16-8-3-9-23-16/h1-2,4-7,10,16,18,23H,3,8-9,11H2/t16-/m0/s1. The zero-order chi connectivity index (χ0) is 17.4. The molecule has 2 heterocycles. The van der Waals surface area contributed by atoms with Gasteiger partial charge in [-0.05, 0) is 65.7 Å². The third-order valence-corrected chi connectivity index (χ3v) is 5.58. The lowest BCUT2D eigenvalue weighted by Gasteiger charge is -2.34. The summed E-state index contributed by atoms with van der Waals surface area (Å²) in [6.07, 6.45) is -0.348. The molecule has 0 amide bonds. The summed E-state index contributed by atoms with van der Waals surface area (Å²) in [6, 6.07) is 12.9. The molecule has 25 heavy (non-hydrogen) atoms. The van der Waals surface area contributed by atoms with Crippen LogP contribution >= 0.6 is 22.6 Å². The second kappa shape index (κ2) is 6.99. The van der Waals surface area contributed by atoms with Gasteiger partial charge in [0.25, 0.3) is 6.43 Å². The molecule has 2 aromatic rings. The molecule has 2 aromatic carbocycles. The smallest absolute Gasteiger partial charge is 0.263 e. The highest BCUT2D eigenvalue weighted by atomic mass is 127. The van der Waals surface area contributed by atoms with Crippen LogP contribution < -0.4 is 10.2 Å². The Labute approximate surface area is 159 Å². The molecule has 130 valence electrons. The van der Waals surface area contributed by atoms with Crippen LogP contribution in [0.4, 0.5) is 20.2 Å². The van der Waals surface area contributed by atoms with E-state index in [1.807, 2.05) is 12.1 Å². The number of alkyl halides is 2. The van der Waals surface area contributed by atoms with Crippen molar-refractivity contribution in [3.63, 3.8) is 0 Å². The molecule has 2 aliphatic rings. The van der Waals surface area contributed by atoms with Gasteiger partial charge in [-0.25, -0.2) is 13.8 Å². The highest BCUT2D eigenvalue weighted by Crippen LogP contribution is 2.35. The molecule has 1 atom stereocenters. The molecule has 4 rings (SSSR count). The second-order valence-corrected chi connectivity index (χ2v) is 7.51. The predicted octanol–water partition coefficient (Wildman–Crippen LogP) is 5.03. The third kappa shape index (κ3) is 3.29. The average Bonchev–Trinajstić information content (AvgIpc) is 3.16. The Bertz CT molecular complexity index is 816. The summed E-state index contributed by atoms with van der Waals surface area (Å²) in [5.41, 5.74) is 2.95. The number of nitrogens with zero attached hydrogens (tertiary/aromatic N) is 2. The first kappa shape index (κ1) is 16.9. The van der Waals surface area contributed by atoms with Gasteiger partial charge in [-0.2, -0.15) is 0 Å². The number of fused-ring (bicyclic) bond motifs is 1. The fourth-order valence-electron chi connectivity index (χ4n) is 3.46. The maximum absolute atomic E-state index is 13.1. The third-order valence-electron chi connectivity index (χ3n) is 4.71. The van der Waals surface area contributed by atoms with Crippen LogP contribution in [0.2, 0.25) is 0 Å². The molecule has 0 spiro atoms. The summed E-state index contributed by atoms with van der Waals surface area (Å²) in [5.74, 6) is 0.931. The Hall–Kier alpha value is -1.54. The molecule has 0 aliphatic carbocycles. The fourth-order valence-corrected chi connectivity index (χ4v) is 4.14. The van der Waals surface area contributed by atoms with Gasteiger partial charge in [0.1, 0.15) is 5.84 Å². The monoisotopic (exact) mass is 453 g/mol. The Morgan fingerprint density at radius 2 is 2.04 bits per heavy atom. The summed E-state index contributed by atoms with van der Waals surface area (Å²) >= 11 is 2.31. The lowest BCUT2D eigenvalue weighted by Crippen LogP contribution is -2.45. The van der Waals surface area contributed by atoms with Crippen molar-refractivity contribution < 1.29 is 8.78 Å². The number of halogens is 3. The molecule has 6 heteroatoms. The van der Waals surface area contributed by atoms with Gasteiger partial charge in [-0.1, -0.05) is 24.3 Å². The van der Waals surface area contributed by atoms with Gasteiger partial charge in [-0.3, -0.25) is 0 Å². The van der Waals surface area contributed by atoms with Gasteiger partial charge in [0, 0.05) is 14.8 Å². The zero-order valence-electron chi connectivity index (χ0n) is 13.6. The first-order chi connectivity index (χ1) is 12.1. The number of hydrogen-bond acceptors (Lipinski definition) is 3. The van der Waals surface area contributed by atoms with Crippen LogP contribution in [0, 0.1) is 3.57 Å². The molecule has 3 nitrogen and oxygen atoms in total. The van der Waals surface area contributed by atoms with E-state index in [1.54, 1.807) is 12.1 Å². The summed E-state index contributed by atoms with van der Waals surface area (Å²) in [4.78, 5) is 7.02. The molecule has 0 aromatic heterocycles. The van der Waals surface area contributed by atoms with Crippen molar-refractivity contribution in [2.45, 2.75) is 31.9 Å². The minimum Gasteiger partial charge on any atom is -0.324 e. The molecule has 0 unspecified atom stereocenters. The number of nitrogens with one attached hydrogen (secondary N) is 1. The van der Waals surface area contributed by atoms with Crippen molar-refractivity contribution in [3.05, 3.63) is 57.2 Å². The summed E-state index contributed by atoms with van der Waals surface area (Å²) in [5, 5.41) is 3.49. The molecule has 1 N–H and O–H groups in total. The minimum absolute atomic E-state index is 0.0460. The molecule has 0 bridgehead atoms. The van der Waals surface area contributed by atoms with Crippen LogP contribution in [-0.4, -0.2) is 18.4 Å². The number of benzene rings is 2. The van der Waals surface area contributed by atoms with Crippen molar-refractivity contribution in [2.75, 3.05) is 11.4 Å². The molecule has 2 aliphatic heterocycles. The Morgan fingerprint density at radius 1 is 1.20 bits per heavy atom. The van der Waals surface area contributed by atoms with Crippen LogP contribution in [0.1, 0.15) is 30.4 Å². The van der Waals surface area contributed by atoms with Gasteiger partial charge < -0.3 is 10.2 Å². The second-order valence-electron chi connectivity index (χ2n) is 6.35.